The van der Waals surface area contributed by atoms with Gasteiger partial charge in [0.25, 0.3) is 5.56 Å². The molecule has 1 amide bonds. The van der Waals surface area contributed by atoms with Crippen molar-refractivity contribution in [2.45, 2.75) is 52.0 Å². The van der Waals surface area contributed by atoms with Crippen molar-refractivity contribution >= 4 is 49.8 Å². The Morgan fingerprint density at radius 2 is 1.87 bits per heavy atom. The lowest BCUT2D eigenvalue weighted by atomic mass is 10.1. The van der Waals surface area contributed by atoms with Crippen molar-refractivity contribution in [2.75, 3.05) is 11.9 Å². The van der Waals surface area contributed by atoms with Crippen LogP contribution in [0.4, 0.5) is 5.00 Å². The van der Waals surface area contributed by atoms with Crippen LogP contribution in [0.3, 0.4) is 0 Å². The molecule has 2 aliphatic rings. The number of fused-ring (bicyclic) bond motifs is 4. The zero-order chi connectivity index (χ0) is 20.8. The maximum atomic E-state index is 13.0. The van der Waals surface area contributed by atoms with Crippen LogP contribution >= 0.6 is 22.7 Å². The molecule has 9 heteroatoms. The largest absolute Gasteiger partial charge is 0.462 e. The van der Waals surface area contributed by atoms with Crippen LogP contribution in [-0.4, -0.2) is 28.0 Å². The van der Waals surface area contributed by atoms with E-state index in [1.54, 1.807) is 18.3 Å². The van der Waals surface area contributed by atoms with Gasteiger partial charge in [0.2, 0.25) is 5.91 Å². The summed E-state index contributed by atoms with van der Waals surface area (Å²) < 4.78 is 6.56. The molecule has 0 unspecified atom stereocenters. The van der Waals surface area contributed by atoms with E-state index in [0.29, 0.717) is 16.0 Å². The fourth-order valence-corrected chi connectivity index (χ4v) is 6.88. The molecule has 7 nitrogen and oxygen atoms in total. The number of rotatable bonds is 5. The summed E-state index contributed by atoms with van der Waals surface area (Å²) in [7, 11) is 0. The maximum Gasteiger partial charge on any atom is 0.341 e. The van der Waals surface area contributed by atoms with Crippen molar-refractivity contribution < 1.29 is 14.3 Å². The summed E-state index contributed by atoms with van der Waals surface area (Å²) in [5.41, 5.74) is 2.39. The predicted octanol–water partition coefficient (Wildman–Crippen LogP) is 3.31. The highest BCUT2D eigenvalue weighted by atomic mass is 32.1. The lowest BCUT2D eigenvalue weighted by Gasteiger charge is -2.09. The number of thiophene rings is 2. The molecule has 3 aromatic heterocycles. The van der Waals surface area contributed by atoms with Crippen LogP contribution in [0.5, 0.6) is 0 Å². The Kier molecular flexibility index (Phi) is 4.94. The zero-order valence-electron chi connectivity index (χ0n) is 16.6. The summed E-state index contributed by atoms with van der Waals surface area (Å²) in [4.78, 5) is 45.7. The summed E-state index contributed by atoms with van der Waals surface area (Å²) >= 11 is 3.01. The van der Waals surface area contributed by atoms with Crippen LogP contribution in [0, 0.1) is 0 Å². The molecule has 3 heterocycles. The third-order valence-corrected chi connectivity index (χ3v) is 8.07. The minimum Gasteiger partial charge on any atom is -0.462 e. The fraction of sp³-hybridized carbons (Fsp3) is 0.429. The number of aromatic nitrogens is 2. The Labute approximate surface area is 180 Å². The number of nitrogens with zero attached hydrogens (tertiary/aromatic N) is 2. The van der Waals surface area contributed by atoms with Crippen LogP contribution in [0.2, 0.25) is 0 Å². The van der Waals surface area contributed by atoms with Crippen molar-refractivity contribution in [1.82, 2.24) is 9.55 Å². The van der Waals surface area contributed by atoms with Crippen LogP contribution in [0.1, 0.15) is 51.0 Å². The average Bonchev–Trinajstić information content (AvgIpc) is 3.44. The molecule has 3 aromatic rings. The number of ether oxygens (including phenoxy) is 1. The van der Waals surface area contributed by atoms with Gasteiger partial charge in [0.05, 0.1) is 23.9 Å². The second-order valence-electron chi connectivity index (χ2n) is 7.55. The van der Waals surface area contributed by atoms with Crippen molar-refractivity contribution in [1.29, 1.82) is 0 Å². The molecule has 30 heavy (non-hydrogen) atoms. The first-order chi connectivity index (χ1) is 14.6. The van der Waals surface area contributed by atoms with Crippen LogP contribution < -0.4 is 10.9 Å². The van der Waals surface area contributed by atoms with E-state index in [1.165, 1.54) is 27.1 Å². The third kappa shape index (κ3) is 3.16. The number of hydrogen-bond acceptors (Lipinski definition) is 7. The number of carbonyl (C=O) groups excluding carboxylic acids is 2. The van der Waals surface area contributed by atoms with E-state index in [1.807, 2.05) is 0 Å². The molecule has 5 rings (SSSR count). The van der Waals surface area contributed by atoms with Crippen LogP contribution in [-0.2, 0) is 41.8 Å². The summed E-state index contributed by atoms with van der Waals surface area (Å²) in [6.45, 7) is 1.90. The van der Waals surface area contributed by atoms with Gasteiger partial charge in [0.15, 0.2) is 0 Å². The highest BCUT2D eigenvalue weighted by Crippen LogP contribution is 2.39. The van der Waals surface area contributed by atoms with Crippen molar-refractivity contribution in [2.24, 2.45) is 0 Å². The minimum atomic E-state index is -0.402. The van der Waals surface area contributed by atoms with Gasteiger partial charge in [-0.1, -0.05) is 0 Å². The number of carbonyl (C=O) groups is 2. The maximum absolute atomic E-state index is 13.0. The molecule has 0 aliphatic heterocycles. The van der Waals surface area contributed by atoms with Crippen LogP contribution in [0.25, 0.3) is 10.2 Å². The predicted molar refractivity (Wildman–Crippen MR) is 117 cm³/mol. The molecule has 0 saturated carbocycles. The van der Waals surface area contributed by atoms with E-state index in [4.69, 9.17) is 4.74 Å². The van der Waals surface area contributed by atoms with Gasteiger partial charge in [-0.15, -0.1) is 22.7 Å². The van der Waals surface area contributed by atoms with Gasteiger partial charge in [0.1, 0.15) is 16.4 Å². The molecular weight excluding hydrogens is 422 g/mol. The van der Waals surface area contributed by atoms with E-state index >= 15 is 0 Å². The van der Waals surface area contributed by atoms with Crippen molar-refractivity contribution in [3.63, 3.8) is 0 Å². The Morgan fingerprint density at radius 3 is 2.63 bits per heavy atom. The van der Waals surface area contributed by atoms with Crippen LogP contribution in [0.15, 0.2) is 11.1 Å². The second kappa shape index (κ2) is 7.63. The standard InChI is InChI=1S/C21H21N3O4S2/c1-2-28-21(27)17-12-6-4-8-14(12)30-19(17)23-15(25)9-24-10-22-18-16(20(24)26)11-5-3-7-13(11)29-18/h10H,2-9H2,1H3,(H,23,25). The second-order valence-corrected chi connectivity index (χ2v) is 9.73. The SMILES string of the molecule is CCOC(=O)c1c(NC(=O)Cn2cnc3sc4c(c3c2=O)CCC4)sc2c1CCC2. The van der Waals surface area contributed by atoms with Gasteiger partial charge in [-0.3, -0.25) is 14.2 Å². The summed E-state index contributed by atoms with van der Waals surface area (Å²) in [6, 6.07) is 0. The van der Waals surface area contributed by atoms with E-state index in [9.17, 15) is 14.4 Å². The monoisotopic (exact) mass is 443 g/mol. The Hall–Kier alpha value is -2.52. The van der Waals surface area contributed by atoms with Gasteiger partial charge in [-0.05, 0) is 56.6 Å². The molecule has 0 saturated heterocycles. The topological polar surface area (TPSA) is 90.3 Å². The number of anilines is 1. The van der Waals surface area contributed by atoms with Gasteiger partial charge >= 0.3 is 5.97 Å². The van der Waals surface area contributed by atoms with E-state index in [2.05, 4.69) is 10.3 Å². The highest BCUT2D eigenvalue weighted by Gasteiger charge is 2.28. The normalized spacial score (nSPS) is 14.7. The van der Waals surface area contributed by atoms with Gasteiger partial charge < -0.3 is 10.1 Å². The first kappa shape index (κ1) is 19.4. The molecule has 0 fully saturated rings. The summed E-state index contributed by atoms with van der Waals surface area (Å²) in [6.07, 6.45) is 7.13. The van der Waals surface area contributed by atoms with E-state index < -0.39 is 5.97 Å². The first-order valence-electron chi connectivity index (χ1n) is 10.2. The molecule has 0 spiro atoms. The first-order valence-corrected chi connectivity index (χ1v) is 11.8. The minimum absolute atomic E-state index is 0.142. The fourth-order valence-electron chi connectivity index (χ4n) is 4.36. The van der Waals surface area contributed by atoms with Crippen molar-refractivity contribution in [3.05, 3.63) is 43.1 Å². The van der Waals surface area contributed by atoms with E-state index in [-0.39, 0.29) is 24.6 Å². The Bertz CT molecular complexity index is 1240. The zero-order valence-corrected chi connectivity index (χ0v) is 18.2. The number of esters is 1. The molecular formula is C21H21N3O4S2. The Balaban J connectivity index is 1.42. The molecule has 0 atom stereocenters. The van der Waals surface area contributed by atoms with Gasteiger partial charge in [-0.2, -0.15) is 0 Å². The molecule has 0 bridgehead atoms. The Morgan fingerprint density at radius 1 is 1.13 bits per heavy atom. The number of nitrogens with one attached hydrogen (secondary N) is 1. The lowest BCUT2D eigenvalue weighted by molar-refractivity contribution is -0.116. The smallest absolute Gasteiger partial charge is 0.341 e. The van der Waals surface area contributed by atoms with E-state index in [0.717, 1.165) is 59.4 Å². The summed E-state index contributed by atoms with van der Waals surface area (Å²) in [5, 5.41) is 4.02. The molecule has 0 aromatic carbocycles. The molecule has 156 valence electrons. The number of aryl methyl sites for hydroxylation is 3. The quantitative estimate of drug-likeness (QED) is 0.611. The summed E-state index contributed by atoms with van der Waals surface area (Å²) in [5.74, 6) is -0.753. The number of amides is 1. The molecule has 1 N–H and O–H groups in total. The lowest BCUT2D eigenvalue weighted by Crippen LogP contribution is -2.28. The van der Waals surface area contributed by atoms with Crippen molar-refractivity contribution in [3.8, 4) is 0 Å². The molecule has 2 aliphatic carbocycles. The highest BCUT2D eigenvalue weighted by molar-refractivity contribution is 7.18. The molecule has 0 radical (unpaired) electrons. The average molecular weight is 444 g/mol. The van der Waals surface area contributed by atoms with Gasteiger partial charge in [0, 0.05) is 9.75 Å². The third-order valence-electron chi connectivity index (χ3n) is 5.66. The van der Waals surface area contributed by atoms with Gasteiger partial charge in [-0.25, -0.2) is 9.78 Å². The number of hydrogen-bond donors (Lipinski definition) is 1.